The zero-order valence-electron chi connectivity index (χ0n) is 13.4. The molecule has 0 aliphatic heterocycles. The highest BCUT2D eigenvalue weighted by atomic mass is 16.5. The molecule has 1 heterocycles. The molecule has 0 saturated heterocycles. The topological polar surface area (TPSA) is 29.3 Å². The minimum Gasteiger partial charge on any atom is -0.368 e. The predicted octanol–water partition coefficient (Wildman–Crippen LogP) is 4.24. The van der Waals surface area contributed by atoms with Gasteiger partial charge in [-0.1, -0.05) is 43.3 Å². The van der Waals surface area contributed by atoms with E-state index in [9.17, 15) is 0 Å². The summed E-state index contributed by atoms with van der Waals surface area (Å²) in [5, 5.41) is 4.39. The molecule has 0 bridgehead atoms. The largest absolute Gasteiger partial charge is 0.368 e. The van der Waals surface area contributed by atoms with E-state index in [1.165, 1.54) is 11.1 Å². The third-order valence-corrected chi connectivity index (χ3v) is 4.75. The van der Waals surface area contributed by atoms with Crippen molar-refractivity contribution in [2.75, 3.05) is 18.0 Å². The standard InChI is InChI=1S/C18H24N2O/c1-5-20(6-2)15-12-21-19-17(15)16-14-10-8-7-9-13(14)11-18(16,3)4/h7-10,12,16H,5-6,11H2,1-4H3. The van der Waals surface area contributed by atoms with Crippen molar-refractivity contribution in [3.63, 3.8) is 0 Å². The Balaban J connectivity index is 2.10. The van der Waals surface area contributed by atoms with Gasteiger partial charge in [0.2, 0.25) is 0 Å². The number of hydrogen-bond donors (Lipinski definition) is 0. The Labute approximate surface area is 126 Å². The first kappa shape index (κ1) is 14.2. The molecule has 3 heteroatoms. The van der Waals surface area contributed by atoms with E-state index >= 15 is 0 Å². The molecule has 1 aromatic carbocycles. The zero-order valence-corrected chi connectivity index (χ0v) is 13.4. The van der Waals surface area contributed by atoms with Crippen molar-refractivity contribution in [1.82, 2.24) is 5.16 Å². The van der Waals surface area contributed by atoms with E-state index in [1.807, 2.05) is 0 Å². The summed E-state index contributed by atoms with van der Waals surface area (Å²) in [6.45, 7) is 11.0. The lowest BCUT2D eigenvalue weighted by molar-refractivity contribution is 0.325. The lowest BCUT2D eigenvalue weighted by Gasteiger charge is -2.29. The molecule has 21 heavy (non-hydrogen) atoms. The second-order valence-electron chi connectivity index (χ2n) is 6.55. The number of anilines is 1. The molecular formula is C18H24N2O. The fourth-order valence-corrected chi connectivity index (χ4v) is 3.75. The van der Waals surface area contributed by atoms with Gasteiger partial charge in [0.15, 0.2) is 0 Å². The van der Waals surface area contributed by atoms with E-state index in [4.69, 9.17) is 4.52 Å². The van der Waals surface area contributed by atoms with E-state index in [0.29, 0.717) is 5.92 Å². The monoisotopic (exact) mass is 284 g/mol. The summed E-state index contributed by atoms with van der Waals surface area (Å²) in [4.78, 5) is 2.32. The van der Waals surface area contributed by atoms with Crippen molar-refractivity contribution < 1.29 is 4.52 Å². The van der Waals surface area contributed by atoms with Crippen molar-refractivity contribution in [3.05, 3.63) is 47.3 Å². The molecule has 1 atom stereocenters. The van der Waals surface area contributed by atoms with Crippen LogP contribution in [0, 0.1) is 5.41 Å². The molecule has 1 unspecified atom stereocenters. The van der Waals surface area contributed by atoms with Gasteiger partial charge in [0.1, 0.15) is 17.6 Å². The van der Waals surface area contributed by atoms with Crippen LogP contribution in [0.1, 0.15) is 50.4 Å². The third-order valence-electron chi connectivity index (χ3n) is 4.75. The van der Waals surface area contributed by atoms with Gasteiger partial charge in [-0.3, -0.25) is 0 Å². The third kappa shape index (κ3) is 2.25. The second-order valence-corrected chi connectivity index (χ2v) is 6.55. The summed E-state index contributed by atoms with van der Waals surface area (Å²) in [5.41, 5.74) is 5.26. The molecule has 1 aliphatic carbocycles. The van der Waals surface area contributed by atoms with Crippen LogP contribution in [0.25, 0.3) is 0 Å². The number of rotatable bonds is 4. The SMILES string of the molecule is CCN(CC)c1conc1C1c2ccccc2CC1(C)C. The Hall–Kier alpha value is -1.77. The van der Waals surface area contributed by atoms with Crippen LogP contribution in [-0.4, -0.2) is 18.2 Å². The normalized spacial score (nSPS) is 19.5. The van der Waals surface area contributed by atoms with Crippen LogP contribution in [-0.2, 0) is 6.42 Å². The van der Waals surface area contributed by atoms with Gasteiger partial charge >= 0.3 is 0 Å². The summed E-state index contributed by atoms with van der Waals surface area (Å²) in [7, 11) is 0. The Morgan fingerprint density at radius 2 is 1.95 bits per heavy atom. The van der Waals surface area contributed by atoms with Crippen LogP contribution >= 0.6 is 0 Å². The van der Waals surface area contributed by atoms with Crippen molar-refractivity contribution in [3.8, 4) is 0 Å². The van der Waals surface area contributed by atoms with Crippen molar-refractivity contribution in [2.45, 2.75) is 40.0 Å². The molecular weight excluding hydrogens is 260 g/mol. The first-order valence-corrected chi connectivity index (χ1v) is 7.85. The van der Waals surface area contributed by atoms with Crippen LogP contribution in [0.3, 0.4) is 0 Å². The zero-order chi connectivity index (χ0) is 15.0. The first-order chi connectivity index (χ1) is 10.1. The van der Waals surface area contributed by atoms with Crippen LogP contribution in [0.15, 0.2) is 35.1 Å². The highest BCUT2D eigenvalue weighted by Gasteiger charge is 2.42. The molecule has 2 aromatic rings. The Bertz CT molecular complexity index is 626. The van der Waals surface area contributed by atoms with Gasteiger partial charge in [-0.05, 0) is 36.8 Å². The minimum absolute atomic E-state index is 0.169. The molecule has 3 nitrogen and oxygen atoms in total. The van der Waals surface area contributed by atoms with Crippen molar-refractivity contribution in [1.29, 1.82) is 0 Å². The van der Waals surface area contributed by atoms with E-state index in [2.05, 4.69) is 62.0 Å². The smallest absolute Gasteiger partial charge is 0.147 e. The van der Waals surface area contributed by atoms with Gasteiger partial charge in [-0.2, -0.15) is 0 Å². The summed E-state index contributed by atoms with van der Waals surface area (Å²) >= 11 is 0. The molecule has 0 fully saturated rings. The average Bonchev–Trinajstić information content (AvgIpc) is 3.00. The summed E-state index contributed by atoms with van der Waals surface area (Å²) in [6, 6.07) is 8.75. The quantitative estimate of drug-likeness (QED) is 0.841. The van der Waals surface area contributed by atoms with E-state index < -0.39 is 0 Å². The van der Waals surface area contributed by atoms with Gasteiger partial charge in [-0.25, -0.2) is 0 Å². The second kappa shape index (κ2) is 5.21. The molecule has 0 amide bonds. The molecule has 0 N–H and O–H groups in total. The Morgan fingerprint density at radius 3 is 2.67 bits per heavy atom. The van der Waals surface area contributed by atoms with Crippen molar-refractivity contribution in [2.24, 2.45) is 5.41 Å². The van der Waals surface area contributed by atoms with Crippen LogP contribution in [0.4, 0.5) is 5.69 Å². The number of hydrogen-bond acceptors (Lipinski definition) is 3. The highest BCUT2D eigenvalue weighted by Crippen LogP contribution is 2.51. The number of aromatic nitrogens is 1. The predicted molar refractivity (Wildman–Crippen MR) is 85.8 cm³/mol. The average molecular weight is 284 g/mol. The Kier molecular flexibility index (Phi) is 3.52. The fourth-order valence-electron chi connectivity index (χ4n) is 3.75. The van der Waals surface area contributed by atoms with Crippen LogP contribution in [0.5, 0.6) is 0 Å². The van der Waals surface area contributed by atoms with Crippen LogP contribution < -0.4 is 4.90 Å². The molecule has 3 rings (SSSR count). The van der Waals surface area contributed by atoms with E-state index in [-0.39, 0.29) is 5.41 Å². The first-order valence-electron chi connectivity index (χ1n) is 7.85. The maximum absolute atomic E-state index is 5.36. The van der Waals surface area contributed by atoms with Gasteiger partial charge in [0, 0.05) is 19.0 Å². The summed E-state index contributed by atoms with van der Waals surface area (Å²) < 4.78 is 5.36. The maximum atomic E-state index is 5.36. The lowest BCUT2D eigenvalue weighted by atomic mass is 9.77. The molecule has 1 aliphatic rings. The van der Waals surface area contributed by atoms with E-state index in [0.717, 1.165) is 30.9 Å². The van der Waals surface area contributed by atoms with E-state index in [1.54, 1.807) is 6.26 Å². The van der Waals surface area contributed by atoms with Crippen LogP contribution in [0.2, 0.25) is 0 Å². The number of fused-ring (bicyclic) bond motifs is 1. The summed E-state index contributed by atoms with van der Waals surface area (Å²) in [6.07, 6.45) is 2.90. The van der Waals surface area contributed by atoms with Gasteiger partial charge in [0.05, 0.1) is 0 Å². The molecule has 0 saturated carbocycles. The molecule has 0 radical (unpaired) electrons. The number of benzene rings is 1. The lowest BCUT2D eigenvalue weighted by Crippen LogP contribution is -2.26. The maximum Gasteiger partial charge on any atom is 0.147 e. The molecule has 1 aromatic heterocycles. The highest BCUT2D eigenvalue weighted by molar-refractivity contribution is 5.55. The minimum atomic E-state index is 0.169. The van der Waals surface area contributed by atoms with Gasteiger partial charge < -0.3 is 9.42 Å². The number of nitrogens with zero attached hydrogens (tertiary/aromatic N) is 2. The van der Waals surface area contributed by atoms with Crippen molar-refractivity contribution >= 4 is 5.69 Å². The van der Waals surface area contributed by atoms with Gasteiger partial charge in [-0.15, -0.1) is 0 Å². The summed E-state index contributed by atoms with van der Waals surface area (Å²) in [5.74, 6) is 0.308. The molecule has 0 spiro atoms. The fraction of sp³-hybridized carbons (Fsp3) is 0.500. The molecule has 112 valence electrons. The van der Waals surface area contributed by atoms with Gasteiger partial charge in [0.25, 0.3) is 0 Å². The Morgan fingerprint density at radius 1 is 1.24 bits per heavy atom.